The molecule has 51 heavy (non-hydrogen) atoms. The molecule has 0 fully saturated rings. The van der Waals surface area contributed by atoms with Crippen LogP contribution >= 0.6 is 0 Å². The molecule has 1 aliphatic carbocycles. The second-order valence-electron chi connectivity index (χ2n) is 13.2. The first-order valence-corrected chi connectivity index (χ1v) is 17.3. The Morgan fingerprint density at radius 3 is 1.84 bits per heavy atom. The summed E-state index contributed by atoms with van der Waals surface area (Å²) in [7, 11) is 0. The fourth-order valence-electron chi connectivity index (χ4n) is 8.13. The van der Waals surface area contributed by atoms with Crippen molar-refractivity contribution in [1.29, 1.82) is 0 Å². The Morgan fingerprint density at radius 1 is 0.333 bits per heavy atom. The van der Waals surface area contributed by atoms with E-state index in [0.717, 1.165) is 33.4 Å². The minimum Gasteiger partial charge on any atom is -0.308 e. The van der Waals surface area contributed by atoms with Gasteiger partial charge in [0.05, 0.1) is 16.7 Å². The van der Waals surface area contributed by atoms with Gasteiger partial charge in [-0.25, -0.2) is 15.0 Å². The fourth-order valence-corrected chi connectivity index (χ4v) is 8.13. The summed E-state index contributed by atoms with van der Waals surface area (Å²) in [5.74, 6) is 1.92. The molecule has 4 nitrogen and oxygen atoms in total. The van der Waals surface area contributed by atoms with Crippen molar-refractivity contribution < 1.29 is 0 Å². The lowest BCUT2D eigenvalue weighted by Gasteiger charge is -2.15. The van der Waals surface area contributed by atoms with Gasteiger partial charge in [-0.1, -0.05) is 140 Å². The van der Waals surface area contributed by atoms with Crippen molar-refractivity contribution in [3.8, 4) is 62.1 Å². The van der Waals surface area contributed by atoms with Crippen LogP contribution in [0.4, 0.5) is 0 Å². The number of nitrogens with zero attached hydrogens (tertiary/aromatic N) is 4. The highest BCUT2D eigenvalue weighted by Gasteiger charge is 2.23. The van der Waals surface area contributed by atoms with Crippen molar-refractivity contribution in [2.24, 2.45) is 0 Å². The Morgan fingerprint density at radius 2 is 0.980 bits per heavy atom. The first-order chi connectivity index (χ1) is 25.3. The molecule has 0 spiro atoms. The lowest BCUT2D eigenvalue weighted by Crippen LogP contribution is -2.03. The average molecular weight is 649 g/mol. The Labute approximate surface area is 294 Å². The van der Waals surface area contributed by atoms with Crippen molar-refractivity contribution in [3.05, 3.63) is 170 Å². The molecule has 0 radical (unpaired) electrons. The van der Waals surface area contributed by atoms with Crippen LogP contribution in [0, 0.1) is 0 Å². The van der Waals surface area contributed by atoms with E-state index in [0.29, 0.717) is 17.5 Å². The molecule has 0 bridgehead atoms. The molecule has 0 saturated carbocycles. The minimum atomic E-state index is 0.632. The monoisotopic (exact) mass is 648 g/mol. The van der Waals surface area contributed by atoms with Crippen LogP contribution in [-0.4, -0.2) is 19.5 Å². The lowest BCUT2D eigenvalue weighted by molar-refractivity contribution is 1.06. The summed E-state index contributed by atoms with van der Waals surface area (Å²) in [6, 6.07) is 60.2. The maximum Gasteiger partial charge on any atom is 0.166 e. The third kappa shape index (κ3) is 4.17. The van der Waals surface area contributed by atoms with Crippen LogP contribution in [0.15, 0.2) is 170 Å². The van der Waals surface area contributed by atoms with Crippen molar-refractivity contribution >= 4 is 43.4 Å². The first-order valence-electron chi connectivity index (χ1n) is 17.3. The maximum absolute atomic E-state index is 5.27. The number of para-hydroxylation sites is 2. The summed E-state index contributed by atoms with van der Waals surface area (Å²) in [6.07, 6.45) is 0. The van der Waals surface area contributed by atoms with E-state index in [2.05, 4.69) is 156 Å². The molecule has 4 heteroatoms. The van der Waals surface area contributed by atoms with Gasteiger partial charge in [-0.05, 0) is 74.1 Å². The summed E-state index contributed by atoms with van der Waals surface area (Å²) in [5, 5.41) is 7.49. The number of hydrogen-bond donors (Lipinski definition) is 0. The number of benzene rings is 8. The molecule has 0 atom stereocenters. The van der Waals surface area contributed by atoms with E-state index in [1.165, 1.54) is 54.6 Å². The van der Waals surface area contributed by atoms with E-state index in [4.69, 9.17) is 15.0 Å². The third-order valence-electron chi connectivity index (χ3n) is 10.4. The summed E-state index contributed by atoms with van der Waals surface area (Å²) in [6.45, 7) is 0. The van der Waals surface area contributed by atoms with E-state index in [1.54, 1.807) is 0 Å². The van der Waals surface area contributed by atoms with Crippen molar-refractivity contribution in [2.75, 3.05) is 0 Å². The van der Waals surface area contributed by atoms with Crippen LogP contribution in [0.25, 0.3) is 105 Å². The Balaban J connectivity index is 1.15. The third-order valence-corrected chi connectivity index (χ3v) is 10.4. The van der Waals surface area contributed by atoms with E-state index >= 15 is 0 Å². The lowest BCUT2D eigenvalue weighted by atomic mass is 10.0. The van der Waals surface area contributed by atoms with Gasteiger partial charge < -0.3 is 4.57 Å². The van der Waals surface area contributed by atoms with E-state index in [1.807, 2.05) is 18.2 Å². The van der Waals surface area contributed by atoms with Crippen LogP contribution in [0.1, 0.15) is 0 Å². The van der Waals surface area contributed by atoms with Crippen molar-refractivity contribution in [2.45, 2.75) is 0 Å². The van der Waals surface area contributed by atoms with Crippen LogP contribution in [0.5, 0.6) is 0 Å². The van der Waals surface area contributed by atoms with Gasteiger partial charge >= 0.3 is 0 Å². The molecule has 0 saturated heterocycles. The van der Waals surface area contributed by atoms with Crippen LogP contribution in [0.2, 0.25) is 0 Å². The second-order valence-corrected chi connectivity index (χ2v) is 13.2. The second kappa shape index (κ2) is 10.8. The highest BCUT2D eigenvalue weighted by Crippen LogP contribution is 2.48. The predicted octanol–water partition coefficient (Wildman–Crippen LogP) is 11.9. The van der Waals surface area contributed by atoms with Crippen molar-refractivity contribution in [3.63, 3.8) is 0 Å². The number of hydrogen-bond acceptors (Lipinski definition) is 3. The SMILES string of the molecule is c1ccc(-c2nc(-c3ccc4c(c3)-c3cccc5cccc-4c35)nc(-c3ccccc3-n3c4ccccc4c4c5ccccc5ccc43)n2)cc1. The number of aromatic nitrogens is 4. The van der Waals surface area contributed by atoms with Crippen LogP contribution < -0.4 is 0 Å². The summed E-state index contributed by atoms with van der Waals surface area (Å²) in [5.41, 5.74) is 11.1. The zero-order valence-corrected chi connectivity index (χ0v) is 27.5. The van der Waals surface area contributed by atoms with E-state index < -0.39 is 0 Å². The molecule has 8 aromatic carbocycles. The Hall–Kier alpha value is -6.91. The molecular weight excluding hydrogens is 621 g/mol. The summed E-state index contributed by atoms with van der Waals surface area (Å²) < 4.78 is 2.37. The van der Waals surface area contributed by atoms with Crippen LogP contribution in [0.3, 0.4) is 0 Å². The normalized spacial score (nSPS) is 11.9. The molecule has 0 amide bonds. The highest BCUT2D eigenvalue weighted by molar-refractivity contribution is 6.21. The zero-order chi connectivity index (χ0) is 33.5. The molecule has 0 N–H and O–H groups in total. The molecule has 2 aromatic heterocycles. The molecule has 10 aromatic rings. The van der Waals surface area contributed by atoms with Gasteiger partial charge in [-0.2, -0.15) is 0 Å². The molecular formula is C47H28N4. The van der Waals surface area contributed by atoms with Gasteiger partial charge in [-0.3, -0.25) is 0 Å². The Bertz CT molecular complexity index is 3020. The van der Waals surface area contributed by atoms with Gasteiger partial charge in [0, 0.05) is 27.5 Å². The number of fused-ring (bicyclic) bond motifs is 8. The summed E-state index contributed by atoms with van der Waals surface area (Å²) in [4.78, 5) is 15.6. The van der Waals surface area contributed by atoms with Gasteiger partial charge in [0.15, 0.2) is 17.5 Å². The topological polar surface area (TPSA) is 43.6 Å². The number of rotatable bonds is 4. The van der Waals surface area contributed by atoms with Crippen molar-refractivity contribution in [1.82, 2.24) is 19.5 Å². The van der Waals surface area contributed by atoms with Crippen LogP contribution in [-0.2, 0) is 0 Å². The van der Waals surface area contributed by atoms with Gasteiger partial charge in [0.2, 0.25) is 0 Å². The molecule has 1 aliphatic rings. The molecule has 2 heterocycles. The smallest absolute Gasteiger partial charge is 0.166 e. The molecule has 236 valence electrons. The molecule has 0 aliphatic heterocycles. The molecule has 11 rings (SSSR count). The quantitative estimate of drug-likeness (QED) is 0.191. The first kappa shape index (κ1) is 28.0. The fraction of sp³-hybridized carbons (Fsp3) is 0. The summed E-state index contributed by atoms with van der Waals surface area (Å²) >= 11 is 0. The average Bonchev–Trinajstić information content (AvgIpc) is 3.72. The van der Waals surface area contributed by atoms with E-state index in [-0.39, 0.29) is 0 Å². The minimum absolute atomic E-state index is 0.632. The van der Waals surface area contributed by atoms with Gasteiger partial charge in [0.25, 0.3) is 0 Å². The maximum atomic E-state index is 5.27. The van der Waals surface area contributed by atoms with Gasteiger partial charge in [0.1, 0.15) is 0 Å². The standard InChI is InChI=1S/C47H28N4/c1-2-13-31(14-3-1)45-48-46(32-24-26-34-35-20-10-15-30-16-11-21-36(43(30)35)39(34)28-32)50-47(49-45)38-19-7-9-23-41(38)51-40-22-8-6-18-37(40)44-33-17-5-4-12-29(33)25-27-42(44)51/h1-28H. The van der Waals surface area contributed by atoms with E-state index in [9.17, 15) is 0 Å². The zero-order valence-electron chi connectivity index (χ0n) is 27.5. The highest BCUT2D eigenvalue weighted by atomic mass is 15.1. The predicted molar refractivity (Wildman–Crippen MR) is 210 cm³/mol. The Kier molecular flexibility index (Phi) is 5.92. The van der Waals surface area contributed by atoms with Gasteiger partial charge in [-0.15, -0.1) is 0 Å². The largest absolute Gasteiger partial charge is 0.308 e. The molecule has 0 unspecified atom stereocenters.